The Morgan fingerprint density at radius 2 is 2.23 bits per heavy atom. The molecule has 1 aliphatic heterocycles. The molecule has 0 bridgehead atoms. The zero-order valence-corrected chi connectivity index (χ0v) is 15.6. The summed E-state index contributed by atoms with van der Waals surface area (Å²) in [6, 6.07) is 5.88. The minimum atomic E-state index is 0. The maximum absolute atomic E-state index is 12.2. The highest BCUT2D eigenvalue weighted by Crippen LogP contribution is 2.20. The lowest BCUT2D eigenvalue weighted by Gasteiger charge is -2.32. The maximum Gasteiger partial charge on any atom is 0.238 e. The van der Waals surface area contributed by atoms with E-state index in [4.69, 9.17) is 0 Å². The number of hydrogen-bond donors (Lipinski definition) is 2. The van der Waals surface area contributed by atoms with Crippen molar-refractivity contribution in [3.63, 3.8) is 0 Å². The van der Waals surface area contributed by atoms with E-state index in [2.05, 4.69) is 31.5 Å². The van der Waals surface area contributed by atoms with E-state index >= 15 is 0 Å². The molecule has 2 rings (SSSR count). The number of carbonyl (C=O) groups is 1. The summed E-state index contributed by atoms with van der Waals surface area (Å²) in [6.45, 7) is 5.56. The molecule has 6 heteroatoms. The molecule has 1 saturated heterocycles. The molecule has 1 heterocycles. The average Bonchev–Trinajstić information content (AvgIpc) is 2.43. The lowest BCUT2D eigenvalue weighted by molar-refractivity contribution is -0.117. The zero-order valence-electron chi connectivity index (χ0n) is 13.2. The number of likely N-dealkylation sites (tertiary alicyclic amines) is 1. The summed E-state index contributed by atoms with van der Waals surface area (Å²) in [6.07, 6.45) is 2.43. The molecular formula is C16H25BrClN3O. The van der Waals surface area contributed by atoms with E-state index in [1.54, 1.807) is 0 Å². The second kappa shape index (κ2) is 9.50. The van der Waals surface area contributed by atoms with Crippen LogP contribution >= 0.6 is 28.3 Å². The van der Waals surface area contributed by atoms with E-state index < -0.39 is 0 Å². The maximum atomic E-state index is 12.2. The van der Waals surface area contributed by atoms with Gasteiger partial charge in [0.1, 0.15) is 0 Å². The van der Waals surface area contributed by atoms with Gasteiger partial charge in [-0.1, -0.05) is 15.9 Å². The normalized spacial score (nSPS) is 18.6. The summed E-state index contributed by atoms with van der Waals surface area (Å²) >= 11 is 3.47. The van der Waals surface area contributed by atoms with Gasteiger partial charge >= 0.3 is 0 Å². The Kier molecular flexibility index (Phi) is 8.39. The Morgan fingerprint density at radius 3 is 2.91 bits per heavy atom. The molecule has 124 valence electrons. The first kappa shape index (κ1) is 19.4. The molecule has 22 heavy (non-hydrogen) atoms. The average molecular weight is 391 g/mol. The molecule has 1 atom stereocenters. The van der Waals surface area contributed by atoms with Crippen molar-refractivity contribution >= 4 is 39.9 Å². The van der Waals surface area contributed by atoms with Crippen molar-refractivity contribution in [1.29, 1.82) is 0 Å². The number of aryl methyl sites for hydroxylation is 1. The fraction of sp³-hybridized carbons (Fsp3) is 0.562. The number of piperidine rings is 1. The molecule has 0 aromatic heterocycles. The van der Waals surface area contributed by atoms with Gasteiger partial charge in [-0.15, -0.1) is 12.4 Å². The molecule has 1 fully saturated rings. The Balaban J connectivity index is 0.00000242. The fourth-order valence-corrected chi connectivity index (χ4v) is 3.12. The SMILES string of the molecule is CNCC1CCCN(CC(=O)Nc2ccc(Br)c(C)c2)C1.Cl. The molecule has 4 nitrogen and oxygen atoms in total. The van der Waals surface area contributed by atoms with Crippen molar-refractivity contribution in [3.8, 4) is 0 Å². The third-order valence-corrected chi connectivity index (χ3v) is 4.79. The topological polar surface area (TPSA) is 44.4 Å². The third-order valence-electron chi connectivity index (χ3n) is 3.90. The van der Waals surface area contributed by atoms with Crippen LogP contribution in [0.2, 0.25) is 0 Å². The summed E-state index contributed by atoms with van der Waals surface area (Å²) in [7, 11) is 1.99. The van der Waals surface area contributed by atoms with E-state index in [0.717, 1.165) is 35.4 Å². The quantitative estimate of drug-likeness (QED) is 0.812. The number of nitrogens with zero attached hydrogens (tertiary/aromatic N) is 1. The second-order valence-corrected chi connectivity index (χ2v) is 6.67. The number of hydrogen-bond acceptors (Lipinski definition) is 3. The monoisotopic (exact) mass is 389 g/mol. The molecule has 1 aromatic rings. The molecule has 0 spiro atoms. The van der Waals surface area contributed by atoms with Crippen LogP contribution in [0.4, 0.5) is 5.69 Å². The van der Waals surface area contributed by atoms with Crippen LogP contribution < -0.4 is 10.6 Å². The third kappa shape index (κ3) is 5.88. The van der Waals surface area contributed by atoms with Gasteiger partial charge in [-0.05, 0) is 69.6 Å². The number of amides is 1. The highest BCUT2D eigenvalue weighted by Gasteiger charge is 2.21. The number of anilines is 1. The summed E-state index contributed by atoms with van der Waals surface area (Å²) in [4.78, 5) is 14.4. The molecule has 1 amide bonds. The van der Waals surface area contributed by atoms with Gasteiger partial charge in [-0.25, -0.2) is 0 Å². The first-order valence-corrected chi connectivity index (χ1v) is 8.30. The van der Waals surface area contributed by atoms with Gasteiger partial charge in [0.05, 0.1) is 6.54 Å². The van der Waals surface area contributed by atoms with Gasteiger partial charge in [0, 0.05) is 16.7 Å². The molecule has 0 saturated carbocycles. The predicted octanol–water partition coefficient (Wildman–Crippen LogP) is 3.05. The fourth-order valence-electron chi connectivity index (χ4n) is 2.88. The Labute approximate surface area is 147 Å². The van der Waals surface area contributed by atoms with Crippen LogP contribution in [0.15, 0.2) is 22.7 Å². The molecule has 1 aliphatic rings. The van der Waals surface area contributed by atoms with Crippen molar-refractivity contribution in [1.82, 2.24) is 10.2 Å². The van der Waals surface area contributed by atoms with Gasteiger partial charge in [0.2, 0.25) is 5.91 Å². The van der Waals surface area contributed by atoms with Crippen LogP contribution in [0.5, 0.6) is 0 Å². The summed E-state index contributed by atoms with van der Waals surface area (Å²) in [5.41, 5.74) is 1.99. The van der Waals surface area contributed by atoms with Crippen molar-refractivity contribution in [3.05, 3.63) is 28.2 Å². The molecule has 2 N–H and O–H groups in total. The smallest absolute Gasteiger partial charge is 0.238 e. The van der Waals surface area contributed by atoms with Gasteiger partial charge in [0.15, 0.2) is 0 Å². The van der Waals surface area contributed by atoms with E-state index in [1.165, 1.54) is 12.8 Å². The second-order valence-electron chi connectivity index (χ2n) is 5.81. The van der Waals surface area contributed by atoms with E-state index in [0.29, 0.717) is 12.5 Å². The number of halogens is 2. The Bertz CT molecular complexity index is 496. The molecular weight excluding hydrogens is 366 g/mol. The highest BCUT2D eigenvalue weighted by atomic mass is 79.9. The molecule has 1 unspecified atom stereocenters. The van der Waals surface area contributed by atoms with Crippen molar-refractivity contribution in [2.75, 3.05) is 38.5 Å². The molecule has 1 aromatic carbocycles. The van der Waals surface area contributed by atoms with Gasteiger partial charge in [0.25, 0.3) is 0 Å². The van der Waals surface area contributed by atoms with Crippen LogP contribution in [0, 0.1) is 12.8 Å². The lowest BCUT2D eigenvalue weighted by atomic mass is 9.98. The van der Waals surface area contributed by atoms with Crippen molar-refractivity contribution in [2.45, 2.75) is 19.8 Å². The Morgan fingerprint density at radius 1 is 1.45 bits per heavy atom. The Hall–Kier alpha value is -0.620. The predicted molar refractivity (Wildman–Crippen MR) is 97.8 cm³/mol. The van der Waals surface area contributed by atoms with Crippen LogP contribution in [-0.2, 0) is 4.79 Å². The number of carbonyl (C=O) groups excluding carboxylic acids is 1. The molecule has 0 radical (unpaired) electrons. The lowest BCUT2D eigenvalue weighted by Crippen LogP contribution is -2.42. The van der Waals surface area contributed by atoms with Gasteiger partial charge < -0.3 is 10.6 Å². The zero-order chi connectivity index (χ0) is 15.2. The van der Waals surface area contributed by atoms with Crippen molar-refractivity contribution in [2.24, 2.45) is 5.92 Å². The van der Waals surface area contributed by atoms with Gasteiger partial charge in [-0.3, -0.25) is 9.69 Å². The first-order chi connectivity index (χ1) is 10.1. The minimum Gasteiger partial charge on any atom is -0.325 e. The van der Waals surface area contributed by atoms with Crippen LogP contribution in [0.3, 0.4) is 0 Å². The molecule has 0 aliphatic carbocycles. The van der Waals surface area contributed by atoms with Gasteiger partial charge in [-0.2, -0.15) is 0 Å². The van der Waals surface area contributed by atoms with Crippen LogP contribution in [0.1, 0.15) is 18.4 Å². The van der Waals surface area contributed by atoms with Crippen molar-refractivity contribution < 1.29 is 4.79 Å². The van der Waals surface area contributed by atoms with Crippen LogP contribution in [-0.4, -0.2) is 44.0 Å². The van der Waals surface area contributed by atoms with E-state index in [1.807, 2.05) is 32.2 Å². The first-order valence-electron chi connectivity index (χ1n) is 7.51. The standard InChI is InChI=1S/C16H24BrN3O.ClH/c1-12-8-14(5-6-15(12)17)19-16(21)11-20-7-3-4-13(10-20)9-18-2;/h5-6,8,13,18H,3-4,7,9-11H2,1-2H3,(H,19,21);1H. The minimum absolute atomic E-state index is 0. The van der Waals surface area contributed by atoms with E-state index in [-0.39, 0.29) is 18.3 Å². The number of benzene rings is 1. The number of nitrogens with one attached hydrogen (secondary N) is 2. The largest absolute Gasteiger partial charge is 0.325 e. The summed E-state index contributed by atoms with van der Waals surface area (Å²) in [5.74, 6) is 0.730. The highest BCUT2D eigenvalue weighted by molar-refractivity contribution is 9.10. The van der Waals surface area contributed by atoms with E-state index in [9.17, 15) is 4.79 Å². The number of rotatable bonds is 5. The van der Waals surface area contributed by atoms with Crippen LogP contribution in [0.25, 0.3) is 0 Å². The summed E-state index contributed by atoms with van der Waals surface area (Å²) in [5, 5.41) is 6.22. The summed E-state index contributed by atoms with van der Waals surface area (Å²) < 4.78 is 1.06.